The topological polar surface area (TPSA) is 254 Å². The Morgan fingerprint density at radius 3 is 1.44 bits per heavy atom. The highest BCUT2D eigenvalue weighted by molar-refractivity contribution is 6.76. The van der Waals surface area contributed by atoms with Crippen molar-refractivity contribution < 1.29 is 29.2 Å². The van der Waals surface area contributed by atoms with Gasteiger partial charge in [-0.25, -0.2) is 0 Å². The molecule has 2 aliphatic heterocycles. The number of rotatable bonds is 26. The maximum atomic E-state index is 10.4. The Morgan fingerprint density at radius 2 is 1.07 bits per heavy atom. The van der Waals surface area contributed by atoms with Gasteiger partial charge in [-0.2, -0.15) is 30.5 Å². The van der Waals surface area contributed by atoms with Gasteiger partial charge in [-0.3, -0.25) is 0 Å². The van der Waals surface area contributed by atoms with Crippen LogP contribution in [0.5, 0.6) is 12.0 Å². The molecule has 18 nitrogen and oxygen atoms in total. The Balaban J connectivity index is 0.000000264. The van der Waals surface area contributed by atoms with E-state index in [0.29, 0.717) is 84.6 Å². The van der Waals surface area contributed by atoms with Gasteiger partial charge in [-0.05, 0) is 120 Å². The van der Waals surface area contributed by atoms with E-state index in [1.807, 2.05) is 9.13 Å². The van der Waals surface area contributed by atoms with E-state index < -0.39 is 16.1 Å². The number of aromatic nitrogens is 6. The molecule has 394 valence electrons. The van der Waals surface area contributed by atoms with Gasteiger partial charge in [0.05, 0.1) is 13.2 Å². The molecule has 4 aromatic heterocycles. The van der Waals surface area contributed by atoms with Crippen molar-refractivity contribution in [2.24, 2.45) is 11.8 Å². The Bertz CT molecular complexity index is 2370. The molecule has 6 rings (SSSR count). The van der Waals surface area contributed by atoms with Gasteiger partial charge in [-0.1, -0.05) is 66.0 Å². The SMILES string of the molecule is CCCCOc1nc(N)c2c(n1)c(C(CCO)C1CCN(C)CC1)c(C#N)n2COCC[Si](C)(C)C.CCCCOc1nc(N)c2c(n1)c(C(CCO)C1CCNCC1)c(C#N)n2COCC[Si](C)(C)C. The molecular formula is C51H86N12O6Si2. The predicted molar refractivity (Wildman–Crippen MR) is 287 cm³/mol. The highest BCUT2D eigenvalue weighted by Gasteiger charge is 2.35. The second-order valence-corrected chi connectivity index (χ2v) is 33.1. The number of fused-ring (bicyclic) bond motifs is 2. The van der Waals surface area contributed by atoms with Gasteiger partial charge in [0.25, 0.3) is 0 Å². The number of nitrogen functional groups attached to an aromatic ring is 2. The van der Waals surface area contributed by atoms with Crippen LogP contribution in [0.15, 0.2) is 0 Å². The molecule has 7 N–H and O–H groups in total. The Morgan fingerprint density at radius 1 is 0.662 bits per heavy atom. The summed E-state index contributed by atoms with van der Waals surface area (Å²) in [6.07, 6.45) is 8.89. The van der Waals surface area contributed by atoms with Gasteiger partial charge in [0, 0.05) is 53.7 Å². The molecule has 0 radical (unpaired) electrons. The molecule has 2 atom stereocenters. The van der Waals surface area contributed by atoms with E-state index in [2.05, 4.69) is 92.5 Å². The number of piperidine rings is 2. The van der Waals surface area contributed by atoms with Crippen molar-refractivity contribution in [1.82, 2.24) is 39.3 Å². The van der Waals surface area contributed by atoms with Gasteiger partial charge < -0.3 is 60.0 Å². The van der Waals surface area contributed by atoms with Crippen LogP contribution in [0.1, 0.15) is 112 Å². The fraction of sp³-hybridized carbons (Fsp3) is 0.725. The number of nitrogens with zero attached hydrogens (tertiary/aromatic N) is 9. The standard InChI is InChI=1S/C26H44N6O3Si.C25H42N6O3Si/c1-6-7-14-35-26-29-23-22(20(10-13-33)19-8-11-31(2)12-9-19)21(17-27)32(24(23)25(28)30-26)18-34-15-16-36(3,4)5;1-5-6-13-34-25-29-22-21(19(9-12-32)18-7-10-28-11-8-18)20(16-26)31(23(22)24(27)30-25)17-33-14-15-35(2,3)4/h19-20,33H,6-16,18H2,1-5H3,(H2,28,29,30);18-19,28,32H,5-15,17H2,1-4H3,(H2,27,29,30). The van der Waals surface area contributed by atoms with Crippen molar-refractivity contribution in [3.05, 3.63) is 22.5 Å². The molecule has 71 heavy (non-hydrogen) atoms. The molecule has 0 saturated carbocycles. The molecule has 20 heteroatoms. The van der Waals surface area contributed by atoms with Crippen LogP contribution in [-0.4, -0.2) is 133 Å². The molecular weight excluding hydrogens is 933 g/mol. The summed E-state index contributed by atoms with van der Waals surface area (Å²) < 4.78 is 27.4. The van der Waals surface area contributed by atoms with Crippen molar-refractivity contribution in [1.29, 1.82) is 10.5 Å². The van der Waals surface area contributed by atoms with Crippen LogP contribution in [0.25, 0.3) is 22.1 Å². The number of hydrogen-bond acceptors (Lipinski definition) is 16. The first-order valence-electron chi connectivity index (χ1n) is 26.2. The monoisotopic (exact) mass is 1020 g/mol. The van der Waals surface area contributed by atoms with Crippen molar-refractivity contribution in [2.75, 3.05) is 84.3 Å². The molecule has 0 bridgehead atoms. The largest absolute Gasteiger partial charge is 0.463 e. The van der Waals surface area contributed by atoms with Crippen molar-refractivity contribution in [2.45, 2.75) is 155 Å². The van der Waals surface area contributed by atoms with Crippen LogP contribution < -0.4 is 26.3 Å². The third kappa shape index (κ3) is 15.8. The molecule has 0 spiro atoms. The summed E-state index contributed by atoms with van der Waals surface area (Å²) in [6.45, 7) is 24.7. The summed E-state index contributed by atoms with van der Waals surface area (Å²) in [5.74, 6) is 1.22. The lowest BCUT2D eigenvalue weighted by Crippen LogP contribution is -2.33. The van der Waals surface area contributed by atoms with Gasteiger partial charge in [0.2, 0.25) is 0 Å². The van der Waals surface area contributed by atoms with Crippen molar-refractivity contribution >= 4 is 49.9 Å². The Kier molecular flexibility index (Phi) is 22.4. The number of nitriles is 2. The number of anilines is 2. The van der Waals surface area contributed by atoms with Crippen LogP contribution in [-0.2, 0) is 22.9 Å². The molecule has 2 aliphatic rings. The number of nitrogens with two attached hydrogens (primary N) is 2. The quantitative estimate of drug-likeness (QED) is 0.0295. The normalized spacial score (nSPS) is 16.1. The summed E-state index contributed by atoms with van der Waals surface area (Å²) >= 11 is 0. The van der Waals surface area contributed by atoms with E-state index >= 15 is 0 Å². The third-order valence-electron chi connectivity index (χ3n) is 13.9. The summed E-state index contributed by atoms with van der Waals surface area (Å²) in [6, 6.07) is 7.39. The summed E-state index contributed by atoms with van der Waals surface area (Å²) in [5, 5.41) is 44.1. The number of hydrogen-bond donors (Lipinski definition) is 5. The summed E-state index contributed by atoms with van der Waals surface area (Å²) in [4.78, 5) is 20.7. The predicted octanol–water partition coefficient (Wildman–Crippen LogP) is 8.03. The van der Waals surface area contributed by atoms with Crippen molar-refractivity contribution in [3.63, 3.8) is 0 Å². The first kappa shape index (κ1) is 57.5. The van der Waals surface area contributed by atoms with Crippen LogP contribution in [0, 0.1) is 34.5 Å². The number of aliphatic hydroxyl groups is 2. The second kappa shape index (κ2) is 27.6. The van der Waals surface area contributed by atoms with E-state index in [1.54, 1.807) is 0 Å². The highest BCUT2D eigenvalue weighted by atomic mass is 28.3. The number of likely N-dealkylation sites (tertiary alicyclic amines) is 1. The highest BCUT2D eigenvalue weighted by Crippen LogP contribution is 2.44. The van der Waals surface area contributed by atoms with E-state index in [-0.39, 0.29) is 62.2 Å². The van der Waals surface area contributed by atoms with Crippen LogP contribution in [0.2, 0.25) is 51.4 Å². The maximum Gasteiger partial charge on any atom is 0.319 e. The molecule has 6 heterocycles. The van der Waals surface area contributed by atoms with Crippen molar-refractivity contribution in [3.8, 4) is 24.2 Å². The minimum absolute atomic E-state index is 0.0122. The van der Waals surface area contributed by atoms with E-state index in [9.17, 15) is 20.7 Å². The lowest BCUT2D eigenvalue weighted by atomic mass is 9.78. The minimum Gasteiger partial charge on any atom is -0.463 e. The minimum atomic E-state index is -1.25. The second-order valence-electron chi connectivity index (χ2n) is 21.8. The Hall–Kier alpha value is -4.39. The lowest BCUT2D eigenvalue weighted by molar-refractivity contribution is 0.0893. The number of aliphatic hydroxyl groups excluding tert-OH is 2. The molecule has 0 aromatic carbocycles. The van der Waals surface area contributed by atoms with E-state index in [0.717, 1.165) is 101 Å². The maximum absolute atomic E-state index is 10.4. The molecule has 0 aliphatic carbocycles. The lowest BCUT2D eigenvalue weighted by Gasteiger charge is -2.34. The van der Waals surface area contributed by atoms with Gasteiger partial charge in [0.1, 0.15) is 59.1 Å². The van der Waals surface area contributed by atoms with Gasteiger partial charge in [0.15, 0.2) is 11.6 Å². The molecule has 2 fully saturated rings. The third-order valence-corrected chi connectivity index (χ3v) is 17.3. The zero-order valence-electron chi connectivity index (χ0n) is 44.5. The molecule has 4 aromatic rings. The zero-order chi connectivity index (χ0) is 51.7. The average molecular weight is 1020 g/mol. The first-order valence-corrected chi connectivity index (χ1v) is 33.6. The summed E-state index contributed by atoms with van der Waals surface area (Å²) in [7, 11) is -0.370. The zero-order valence-corrected chi connectivity index (χ0v) is 46.5. The van der Waals surface area contributed by atoms with Crippen LogP contribution in [0.4, 0.5) is 11.6 Å². The van der Waals surface area contributed by atoms with Crippen LogP contribution in [0.3, 0.4) is 0 Å². The molecule has 0 amide bonds. The number of unbranched alkanes of at least 4 members (excludes halogenated alkanes) is 2. The average Bonchev–Trinajstić information content (AvgIpc) is 3.82. The summed E-state index contributed by atoms with van der Waals surface area (Å²) in [5.41, 5.74) is 18.1. The van der Waals surface area contributed by atoms with Gasteiger partial charge >= 0.3 is 12.0 Å². The molecule has 2 unspecified atom stereocenters. The first-order chi connectivity index (χ1) is 34.0. The fourth-order valence-corrected chi connectivity index (χ4v) is 11.3. The smallest absolute Gasteiger partial charge is 0.319 e. The van der Waals surface area contributed by atoms with E-state index in [4.69, 9.17) is 40.4 Å². The van der Waals surface area contributed by atoms with Gasteiger partial charge in [-0.15, -0.1) is 0 Å². The van der Waals surface area contributed by atoms with Crippen LogP contribution >= 0.6 is 0 Å². The number of nitrogens with one attached hydrogen (secondary N) is 1. The Labute approximate surface area is 424 Å². The molecule has 2 saturated heterocycles. The van der Waals surface area contributed by atoms with E-state index in [1.165, 1.54) is 0 Å². The fourth-order valence-electron chi connectivity index (χ4n) is 9.75. The number of ether oxygens (including phenoxy) is 4.